The summed E-state index contributed by atoms with van der Waals surface area (Å²) >= 11 is 1.76. The molecule has 17 heavy (non-hydrogen) atoms. The van der Waals surface area contributed by atoms with Gasteiger partial charge in [-0.1, -0.05) is 6.07 Å². The number of rotatable bonds is 7. The summed E-state index contributed by atoms with van der Waals surface area (Å²) in [5.74, 6) is 0. The highest BCUT2D eigenvalue weighted by Crippen LogP contribution is 2.10. The monoisotopic (exact) mass is 251 g/mol. The molecule has 2 heterocycles. The predicted octanol–water partition coefficient (Wildman–Crippen LogP) is 1.73. The number of nitrogens with one attached hydrogen (secondary N) is 1. The number of hydrogen-bond donors (Lipinski definition) is 1. The smallest absolute Gasteiger partial charge is 0.0762 e. The first kappa shape index (κ1) is 12.3. The van der Waals surface area contributed by atoms with Gasteiger partial charge in [0.15, 0.2) is 0 Å². The van der Waals surface area contributed by atoms with Crippen LogP contribution in [0.1, 0.15) is 10.6 Å². The number of hydrogen-bond acceptors (Lipinski definition) is 4. The average molecular weight is 251 g/mol. The Hall–Kier alpha value is -1.17. The minimum atomic E-state index is 0.732. The van der Waals surface area contributed by atoms with Gasteiger partial charge in [-0.05, 0) is 17.5 Å². The zero-order chi connectivity index (χ0) is 11.9. The van der Waals surface area contributed by atoms with E-state index in [-0.39, 0.29) is 0 Å². The molecule has 0 saturated heterocycles. The van der Waals surface area contributed by atoms with E-state index in [2.05, 4.69) is 27.9 Å². The summed E-state index contributed by atoms with van der Waals surface area (Å²) in [5, 5.41) is 9.87. The van der Waals surface area contributed by atoms with Crippen molar-refractivity contribution < 1.29 is 4.74 Å². The van der Waals surface area contributed by atoms with E-state index >= 15 is 0 Å². The van der Waals surface area contributed by atoms with Crippen molar-refractivity contribution in [3.63, 3.8) is 0 Å². The zero-order valence-corrected chi connectivity index (χ0v) is 10.7. The summed E-state index contributed by atoms with van der Waals surface area (Å²) in [6, 6.07) is 6.24. The molecule has 2 rings (SSSR count). The molecule has 0 amide bonds. The molecule has 0 aliphatic heterocycles. The molecule has 0 aromatic carbocycles. The number of nitrogens with zero attached hydrogens (tertiary/aromatic N) is 2. The third-order valence-corrected chi connectivity index (χ3v) is 3.24. The van der Waals surface area contributed by atoms with Crippen LogP contribution in [0.3, 0.4) is 0 Å². The first-order valence-corrected chi connectivity index (χ1v) is 6.51. The molecule has 0 aliphatic rings. The molecule has 1 N–H and O–H groups in total. The van der Waals surface area contributed by atoms with Gasteiger partial charge >= 0.3 is 0 Å². The van der Waals surface area contributed by atoms with E-state index in [1.165, 1.54) is 4.88 Å². The summed E-state index contributed by atoms with van der Waals surface area (Å²) in [4.78, 5) is 1.33. The maximum atomic E-state index is 4.97. The van der Waals surface area contributed by atoms with Gasteiger partial charge in [0.25, 0.3) is 0 Å². The average Bonchev–Trinajstić information content (AvgIpc) is 2.97. The zero-order valence-electron chi connectivity index (χ0n) is 9.93. The number of thiophene rings is 1. The maximum Gasteiger partial charge on any atom is 0.0762 e. The highest BCUT2D eigenvalue weighted by molar-refractivity contribution is 7.09. The van der Waals surface area contributed by atoms with Crippen molar-refractivity contribution in [3.8, 4) is 0 Å². The van der Waals surface area contributed by atoms with E-state index in [0.717, 1.165) is 31.9 Å². The van der Waals surface area contributed by atoms with Crippen molar-refractivity contribution in [1.82, 2.24) is 15.1 Å². The van der Waals surface area contributed by atoms with Crippen LogP contribution in [0.15, 0.2) is 29.8 Å². The topological polar surface area (TPSA) is 39.1 Å². The van der Waals surface area contributed by atoms with Gasteiger partial charge < -0.3 is 10.1 Å². The molecule has 0 atom stereocenters. The molecule has 5 heteroatoms. The third kappa shape index (κ3) is 3.96. The summed E-state index contributed by atoms with van der Waals surface area (Å²) in [5.41, 5.74) is 1.07. The van der Waals surface area contributed by atoms with E-state index in [0.29, 0.717) is 0 Å². The Bertz CT molecular complexity index is 425. The summed E-state index contributed by atoms with van der Waals surface area (Å²) < 4.78 is 6.94. The van der Waals surface area contributed by atoms with Crippen molar-refractivity contribution in [1.29, 1.82) is 0 Å². The normalized spacial score (nSPS) is 10.9. The quantitative estimate of drug-likeness (QED) is 0.762. The molecular weight excluding hydrogens is 234 g/mol. The molecule has 2 aromatic rings. The SMILES string of the molecule is COCCNCc1ccn(Cc2cccs2)n1. The highest BCUT2D eigenvalue weighted by Gasteiger charge is 2.00. The molecule has 0 aliphatic carbocycles. The van der Waals surface area contributed by atoms with Crippen molar-refractivity contribution in [2.45, 2.75) is 13.1 Å². The second-order valence-electron chi connectivity index (χ2n) is 3.75. The van der Waals surface area contributed by atoms with Gasteiger partial charge in [0, 0.05) is 31.3 Å². The first-order valence-electron chi connectivity index (χ1n) is 5.63. The Morgan fingerprint density at radius 1 is 1.47 bits per heavy atom. The minimum Gasteiger partial charge on any atom is -0.383 e. The molecular formula is C12H17N3OS. The summed E-state index contributed by atoms with van der Waals surface area (Å²) in [6.45, 7) is 3.24. The largest absolute Gasteiger partial charge is 0.383 e. The lowest BCUT2D eigenvalue weighted by Gasteiger charge is -2.01. The van der Waals surface area contributed by atoms with E-state index < -0.39 is 0 Å². The van der Waals surface area contributed by atoms with Crippen molar-refractivity contribution in [2.24, 2.45) is 0 Å². The van der Waals surface area contributed by atoms with Gasteiger partial charge in [0.2, 0.25) is 0 Å². The van der Waals surface area contributed by atoms with Gasteiger partial charge in [0.1, 0.15) is 0 Å². The fourth-order valence-corrected chi connectivity index (χ4v) is 2.23. The Balaban J connectivity index is 1.79. The Labute approximate surface area is 105 Å². The van der Waals surface area contributed by atoms with Crippen LogP contribution in [0.5, 0.6) is 0 Å². The van der Waals surface area contributed by atoms with Crippen LogP contribution in [0.4, 0.5) is 0 Å². The van der Waals surface area contributed by atoms with Gasteiger partial charge in [-0.25, -0.2) is 0 Å². The predicted molar refractivity (Wildman–Crippen MR) is 69.2 cm³/mol. The second-order valence-corrected chi connectivity index (χ2v) is 4.79. The molecule has 0 radical (unpaired) electrons. The molecule has 2 aromatic heterocycles. The van der Waals surface area contributed by atoms with Crippen LogP contribution in [0.25, 0.3) is 0 Å². The van der Waals surface area contributed by atoms with Gasteiger partial charge in [-0.2, -0.15) is 5.10 Å². The van der Waals surface area contributed by atoms with Crippen LogP contribution >= 0.6 is 11.3 Å². The fraction of sp³-hybridized carbons (Fsp3) is 0.417. The van der Waals surface area contributed by atoms with Gasteiger partial charge in [0.05, 0.1) is 18.8 Å². The minimum absolute atomic E-state index is 0.732. The van der Waals surface area contributed by atoms with Crippen LogP contribution in [-0.4, -0.2) is 30.0 Å². The number of ether oxygens (including phenoxy) is 1. The Morgan fingerprint density at radius 3 is 3.18 bits per heavy atom. The van der Waals surface area contributed by atoms with Crippen LogP contribution in [-0.2, 0) is 17.8 Å². The highest BCUT2D eigenvalue weighted by atomic mass is 32.1. The Kier molecular flexibility index (Phi) is 4.73. The van der Waals surface area contributed by atoms with Gasteiger partial charge in [-0.15, -0.1) is 11.3 Å². The lowest BCUT2D eigenvalue weighted by atomic mass is 10.4. The maximum absolute atomic E-state index is 4.97. The summed E-state index contributed by atoms with van der Waals surface area (Å²) in [7, 11) is 1.71. The van der Waals surface area contributed by atoms with Crippen molar-refractivity contribution in [2.75, 3.05) is 20.3 Å². The fourth-order valence-electron chi connectivity index (χ4n) is 1.54. The molecule has 92 valence electrons. The number of aromatic nitrogens is 2. The third-order valence-electron chi connectivity index (χ3n) is 2.38. The van der Waals surface area contributed by atoms with E-state index in [1.54, 1.807) is 18.4 Å². The summed E-state index contributed by atoms with van der Waals surface area (Å²) in [6.07, 6.45) is 2.02. The van der Waals surface area contributed by atoms with Gasteiger partial charge in [-0.3, -0.25) is 4.68 Å². The number of methoxy groups -OCH3 is 1. The molecule has 0 saturated carbocycles. The van der Waals surface area contributed by atoms with E-state index in [4.69, 9.17) is 4.74 Å². The lowest BCUT2D eigenvalue weighted by molar-refractivity contribution is 0.199. The first-order chi connectivity index (χ1) is 8.38. The standard InChI is InChI=1S/C12H17N3OS/c1-16-7-5-13-9-11-4-6-15(14-11)10-12-3-2-8-17-12/h2-4,6,8,13H,5,7,9-10H2,1H3. The van der Waals surface area contributed by atoms with Crippen LogP contribution < -0.4 is 5.32 Å². The second kappa shape index (κ2) is 6.54. The molecule has 4 nitrogen and oxygen atoms in total. The van der Waals surface area contributed by atoms with Crippen LogP contribution in [0, 0.1) is 0 Å². The molecule has 0 spiro atoms. The Morgan fingerprint density at radius 2 is 2.41 bits per heavy atom. The van der Waals surface area contributed by atoms with E-state index in [1.807, 2.05) is 16.9 Å². The van der Waals surface area contributed by atoms with Crippen LogP contribution in [0.2, 0.25) is 0 Å². The molecule has 0 unspecified atom stereocenters. The lowest BCUT2D eigenvalue weighted by Crippen LogP contribution is -2.19. The van der Waals surface area contributed by atoms with E-state index in [9.17, 15) is 0 Å². The molecule has 0 fully saturated rings. The van der Waals surface area contributed by atoms with Crippen molar-refractivity contribution in [3.05, 3.63) is 40.3 Å². The van der Waals surface area contributed by atoms with Crippen molar-refractivity contribution >= 4 is 11.3 Å². The molecule has 0 bridgehead atoms.